The third-order valence-electron chi connectivity index (χ3n) is 6.13. The summed E-state index contributed by atoms with van der Waals surface area (Å²) in [7, 11) is 2.08. The first-order chi connectivity index (χ1) is 16.6. The highest BCUT2D eigenvalue weighted by Gasteiger charge is 2.20. The van der Waals surface area contributed by atoms with E-state index in [0.29, 0.717) is 12.3 Å². The molecule has 8 heteroatoms. The van der Waals surface area contributed by atoms with Crippen molar-refractivity contribution in [2.75, 3.05) is 33.2 Å². The Labute approximate surface area is 202 Å². The van der Waals surface area contributed by atoms with Crippen LogP contribution in [0.15, 0.2) is 72.1 Å². The van der Waals surface area contributed by atoms with Crippen molar-refractivity contribution in [1.29, 1.82) is 0 Å². The van der Waals surface area contributed by atoms with Crippen LogP contribution in [0.3, 0.4) is 0 Å². The second kappa shape index (κ2) is 9.95. The number of aromatic nitrogens is 3. The number of hydrogen-bond donors (Lipinski definition) is 0. The van der Waals surface area contributed by atoms with E-state index in [0.717, 1.165) is 59.1 Å². The number of thioether (sulfide) groups is 1. The van der Waals surface area contributed by atoms with Crippen LogP contribution in [0.5, 0.6) is 0 Å². The van der Waals surface area contributed by atoms with Gasteiger partial charge in [-0.05, 0) is 48.5 Å². The Hall–Kier alpha value is -3.23. The SMILES string of the molecule is CN1CCN(C(=O)c2ccc(Cn3c(SCc4ccc(F)cc4)nc4ccncc43)cc2)CC1. The molecule has 0 radical (unpaired) electrons. The number of nitrogens with zero attached hydrogens (tertiary/aromatic N) is 5. The van der Waals surface area contributed by atoms with Gasteiger partial charge in [0, 0.05) is 43.7 Å². The summed E-state index contributed by atoms with van der Waals surface area (Å²) in [5, 5.41) is 0.880. The van der Waals surface area contributed by atoms with Gasteiger partial charge in [0.2, 0.25) is 0 Å². The van der Waals surface area contributed by atoms with Crippen molar-refractivity contribution in [3.8, 4) is 0 Å². The largest absolute Gasteiger partial charge is 0.336 e. The van der Waals surface area contributed by atoms with Crippen molar-refractivity contribution >= 4 is 28.7 Å². The number of likely N-dealkylation sites (N-methyl/N-ethyl adjacent to an activating group) is 1. The topological polar surface area (TPSA) is 54.3 Å². The maximum absolute atomic E-state index is 13.2. The van der Waals surface area contributed by atoms with E-state index in [-0.39, 0.29) is 11.7 Å². The summed E-state index contributed by atoms with van der Waals surface area (Å²) >= 11 is 1.61. The number of imidazole rings is 1. The Bertz CT molecular complexity index is 1280. The van der Waals surface area contributed by atoms with Gasteiger partial charge in [-0.15, -0.1) is 0 Å². The Morgan fingerprint density at radius 2 is 1.68 bits per heavy atom. The van der Waals surface area contributed by atoms with E-state index in [9.17, 15) is 9.18 Å². The molecule has 0 saturated carbocycles. The number of amides is 1. The molecule has 3 heterocycles. The molecular formula is C26H26FN5OS. The fourth-order valence-electron chi connectivity index (χ4n) is 4.07. The zero-order valence-corrected chi connectivity index (χ0v) is 19.8. The summed E-state index contributed by atoms with van der Waals surface area (Å²) in [6.45, 7) is 3.96. The molecule has 1 amide bonds. The monoisotopic (exact) mass is 475 g/mol. The molecule has 4 aromatic rings. The van der Waals surface area contributed by atoms with E-state index in [1.165, 1.54) is 12.1 Å². The number of carbonyl (C=O) groups is 1. The van der Waals surface area contributed by atoms with E-state index in [1.807, 2.05) is 41.4 Å². The molecule has 34 heavy (non-hydrogen) atoms. The van der Waals surface area contributed by atoms with Crippen LogP contribution >= 0.6 is 11.8 Å². The molecule has 0 unspecified atom stereocenters. The summed E-state index contributed by atoms with van der Waals surface area (Å²) in [6, 6.07) is 16.3. The second-order valence-corrected chi connectivity index (χ2v) is 9.49. The lowest BCUT2D eigenvalue weighted by Gasteiger charge is -2.32. The van der Waals surface area contributed by atoms with Crippen LogP contribution in [0.25, 0.3) is 11.0 Å². The predicted molar refractivity (Wildman–Crippen MR) is 132 cm³/mol. The molecule has 2 aromatic carbocycles. The van der Waals surface area contributed by atoms with Crippen LogP contribution in [-0.2, 0) is 12.3 Å². The summed E-state index contributed by atoms with van der Waals surface area (Å²) in [5.74, 6) is 0.546. The van der Waals surface area contributed by atoms with Gasteiger partial charge in [-0.25, -0.2) is 9.37 Å². The van der Waals surface area contributed by atoms with E-state index >= 15 is 0 Å². The number of rotatable bonds is 6. The number of hydrogen-bond acceptors (Lipinski definition) is 5. The molecule has 6 nitrogen and oxygen atoms in total. The third-order valence-corrected chi connectivity index (χ3v) is 7.18. The van der Waals surface area contributed by atoms with E-state index in [1.54, 1.807) is 30.1 Å². The molecule has 0 bridgehead atoms. The van der Waals surface area contributed by atoms with E-state index < -0.39 is 0 Å². The Balaban J connectivity index is 1.34. The van der Waals surface area contributed by atoms with Crippen LogP contribution in [0, 0.1) is 5.82 Å². The molecule has 0 N–H and O–H groups in total. The highest BCUT2D eigenvalue weighted by Crippen LogP contribution is 2.27. The summed E-state index contributed by atoms with van der Waals surface area (Å²) in [4.78, 5) is 26.1. The first-order valence-corrected chi connectivity index (χ1v) is 12.3. The zero-order valence-electron chi connectivity index (χ0n) is 19.0. The molecule has 0 spiro atoms. The maximum atomic E-state index is 13.2. The zero-order chi connectivity index (χ0) is 23.5. The third kappa shape index (κ3) is 4.98. The number of piperazine rings is 1. The van der Waals surface area contributed by atoms with Crippen LogP contribution < -0.4 is 0 Å². The van der Waals surface area contributed by atoms with Crippen molar-refractivity contribution in [2.24, 2.45) is 0 Å². The van der Waals surface area contributed by atoms with Crippen LogP contribution in [0.1, 0.15) is 21.5 Å². The lowest BCUT2D eigenvalue weighted by Crippen LogP contribution is -2.47. The minimum atomic E-state index is -0.235. The van der Waals surface area contributed by atoms with E-state index in [4.69, 9.17) is 4.98 Å². The van der Waals surface area contributed by atoms with Crippen molar-refractivity contribution in [1.82, 2.24) is 24.3 Å². The van der Waals surface area contributed by atoms with Gasteiger partial charge < -0.3 is 14.4 Å². The highest BCUT2D eigenvalue weighted by molar-refractivity contribution is 7.98. The molecule has 0 aliphatic carbocycles. The molecule has 1 fully saturated rings. The maximum Gasteiger partial charge on any atom is 0.253 e. The Kier molecular flexibility index (Phi) is 6.60. The van der Waals surface area contributed by atoms with Gasteiger partial charge in [0.05, 0.1) is 23.8 Å². The standard InChI is InChI=1S/C26H26FN5OS/c1-30-12-14-31(15-13-30)25(33)21-6-2-19(3-7-21)17-32-24-16-28-11-10-23(24)29-26(32)34-18-20-4-8-22(27)9-5-20/h2-11,16H,12-15,17-18H2,1H3. The number of benzene rings is 2. The van der Waals surface area contributed by atoms with Crippen molar-refractivity contribution in [3.63, 3.8) is 0 Å². The normalized spacial score (nSPS) is 14.6. The number of pyridine rings is 1. The second-order valence-electron chi connectivity index (χ2n) is 8.55. The fourth-order valence-corrected chi connectivity index (χ4v) is 5.04. The van der Waals surface area contributed by atoms with Gasteiger partial charge in [0.15, 0.2) is 5.16 Å². The molecule has 5 rings (SSSR count). The van der Waals surface area contributed by atoms with E-state index in [2.05, 4.69) is 21.5 Å². The van der Waals surface area contributed by atoms with Gasteiger partial charge in [0.25, 0.3) is 5.91 Å². The molecule has 174 valence electrons. The van der Waals surface area contributed by atoms with Crippen molar-refractivity contribution < 1.29 is 9.18 Å². The Morgan fingerprint density at radius 1 is 0.971 bits per heavy atom. The smallest absolute Gasteiger partial charge is 0.253 e. The van der Waals surface area contributed by atoms with Gasteiger partial charge >= 0.3 is 0 Å². The van der Waals surface area contributed by atoms with Crippen LogP contribution in [0.2, 0.25) is 0 Å². The van der Waals surface area contributed by atoms with Gasteiger partial charge in [-0.1, -0.05) is 36.0 Å². The molecular weight excluding hydrogens is 449 g/mol. The fraction of sp³-hybridized carbons (Fsp3) is 0.269. The van der Waals surface area contributed by atoms with Crippen LogP contribution in [-0.4, -0.2) is 63.5 Å². The summed E-state index contributed by atoms with van der Waals surface area (Å²) in [6.07, 6.45) is 3.57. The average molecular weight is 476 g/mol. The first kappa shape index (κ1) is 22.6. The first-order valence-electron chi connectivity index (χ1n) is 11.3. The number of fused-ring (bicyclic) bond motifs is 1. The van der Waals surface area contributed by atoms with Gasteiger partial charge in [-0.3, -0.25) is 9.78 Å². The lowest BCUT2D eigenvalue weighted by atomic mass is 10.1. The predicted octanol–water partition coefficient (Wildman–Crippen LogP) is 4.30. The quantitative estimate of drug-likeness (QED) is 0.389. The number of carbonyl (C=O) groups excluding carboxylic acids is 1. The van der Waals surface area contributed by atoms with Crippen LogP contribution in [0.4, 0.5) is 4.39 Å². The summed E-state index contributed by atoms with van der Waals surface area (Å²) in [5.41, 5.74) is 4.69. The average Bonchev–Trinajstić information content (AvgIpc) is 3.21. The number of halogens is 1. The molecule has 1 aliphatic rings. The minimum absolute atomic E-state index is 0.0903. The molecule has 2 aromatic heterocycles. The van der Waals surface area contributed by atoms with Crippen molar-refractivity contribution in [2.45, 2.75) is 17.5 Å². The molecule has 0 atom stereocenters. The molecule has 1 saturated heterocycles. The Morgan fingerprint density at radius 3 is 2.41 bits per heavy atom. The van der Waals surface area contributed by atoms with Crippen molar-refractivity contribution in [3.05, 3.63) is 89.5 Å². The highest BCUT2D eigenvalue weighted by atomic mass is 32.2. The summed E-state index contributed by atoms with van der Waals surface area (Å²) < 4.78 is 15.4. The van der Waals surface area contributed by atoms with Gasteiger partial charge in [0.1, 0.15) is 5.82 Å². The minimum Gasteiger partial charge on any atom is -0.336 e. The molecule has 1 aliphatic heterocycles. The van der Waals surface area contributed by atoms with Gasteiger partial charge in [-0.2, -0.15) is 0 Å². The lowest BCUT2D eigenvalue weighted by molar-refractivity contribution is 0.0664.